The fourth-order valence-corrected chi connectivity index (χ4v) is 3.07. The van der Waals surface area contributed by atoms with Gasteiger partial charge < -0.3 is 4.74 Å². The molecule has 1 aromatic heterocycles. The Labute approximate surface area is 110 Å². The first kappa shape index (κ1) is 14.0. The van der Waals surface area contributed by atoms with E-state index < -0.39 is 33.4 Å². The lowest BCUT2D eigenvalue weighted by Crippen LogP contribution is -2.33. The van der Waals surface area contributed by atoms with Gasteiger partial charge in [0, 0.05) is 18.0 Å². The van der Waals surface area contributed by atoms with Gasteiger partial charge >= 0.3 is 5.69 Å². The summed E-state index contributed by atoms with van der Waals surface area (Å²) in [6, 6.07) is 0. The third kappa shape index (κ3) is 3.32. The molecule has 106 valence electrons. The Morgan fingerprint density at radius 1 is 1.42 bits per heavy atom. The molecule has 0 aromatic carbocycles. The van der Waals surface area contributed by atoms with Gasteiger partial charge in [-0.2, -0.15) is 0 Å². The summed E-state index contributed by atoms with van der Waals surface area (Å²) >= 11 is 0. The molecule has 1 fully saturated rings. The van der Waals surface area contributed by atoms with Crippen LogP contribution in [0.5, 0.6) is 0 Å². The van der Waals surface area contributed by atoms with E-state index in [2.05, 4.69) is 4.98 Å². The van der Waals surface area contributed by atoms with E-state index in [-0.39, 0.29) is 5.75 Å². The average molecular weight is 288 g/mol. The molecule has 2 rings (SSSR count). The van der Waals surface area contributed by atoms with Crippen LogP contribution in [0.4, 0.5) is 0 Å². The highest BCUT2D eigenvalue weighted by Gasteiger charge is 2.29. The number of hydrogen-bond acceptors (Lipinski definition) is 5. The van der Waals surface area contributed by atoms with Crippen molar-refractivity contribution in [1.29, 1.82) is 0 Å². The molecule has 1 N–H and O–H groups in total. The fourth-order valence-electron chi connectivity index (χ4n) is 2.15. The summed E-state index contributed by atoms with van der Waals surface area (Å²) in [7, 11) is -3.11. The molecular weight excluding hydrogens is 272 g/mol. The second-order valence-electron chi connectivity index (χ2n) is 4.86. The maximum Gasteiger partial charge on any atom is 0.330 e. The number of aryl methyl sites for hydroxylation is 1. The highest BCUT2D eigenvalue weighted by molar-refractivity contribution is 7.90. The second kappa shape index (κ2) is 4.93. The molecule has 19 heavy (non-hydrogen) atoms. The van der Waals surface area contributed by atoms with E-state index in [0.29, 0.717) is 18.4 Å². The Balaban J connectivity index is 2.20. The van der Waals surface area contributed by atoms with Crippen molar-refractivity contribution in [3.05, 3.63) is 32.6 Å². The Morgan fingerprint density at radius 3 is 2.74 bits per heavy atom. The molecule has 1 aromatic rings. The van der Waals surface area contributed by atoms with E-state index >= 15 is 0 Å². The zero-order valence-electron chi connectivity index (χ0n) is 10.8. The van der Waals surface area contributed by atoms with Crippen LogP contribution in [-0.2, 0) is 14.6 Å². The van der Waals surface area contributed by atoms with Gasteiger partial charge in [0.15, 0.2) is 0 Å². The number of aromatic amines is 1. The third-order valence-corrected chi connectivity index (χ3v) is 4.01. The van der Waals surface area contributed by atoms with Crippen LogP contribution >= 0.6 is 0 Å². The molecule has 0 saturated carbocycles. The monoisotopic (exact) mass is 288 g/mol. The van der Waals surface area contributed by atoms with Crippen molar-refractivity contribution in [3.63, 3.8) is 0 Å². The van der Waals surface area contributed by atoms with E-state index in [9.17, 15) is 18.0 Å². The summed E-state index contributed by atoms with van der Waals surface area (Å²) in [5, 5.41) is 0. The van der Waals surface area contributed by atoms with Gasteiger partial charge in [-0.15, -0.1) is 0 Å². The number of rotatable bonds is 3. The summed E-state index contributed by atoms with van der Waals surface area (Å²) in [6.07, 6.45) is 2.79. The van der Waals surface area contributed by atoms with Crippen molar-refractivity contribution in [3.8, 4) is 0 Å². The molecule has 0 aliphatic carbocycles. The molecule has 0 amide bonds. The average Bonchev–Trinajstić information content (AvgIpc) is 2.69. The van der Waals surface area contributed by atoms with Gasteiger partial charge in [0.1, 0.15) is 16.1 Å². The minimum absolute atomic E-state index is 0.0550. The summed E-state index contributed by atoms with van der Waals surface area (Å²) in [6.45, 7) is 1.59. The molecule has 1 aliphatic rings. The number of H-pyrrole nitrogens is 1. The lowest BCUT2D eigenvalue weighted by Gasteiger charge is -2.15. The van der Waals surface area contributed by atoms with Gasteiger partial charge in [-0.25, -0.2) is 13.2 Å². The smallest absolute Gasteiger partial charge is 0.330 e. The van der Waals surface area contributed by atoms with Crippen LogP contribution in [0.25, 0.3) is 0 Å². The lowest BCUT2D eigenvalue weighted by atomic mass is 10.2. The number of ether oxygens (including phenoxy) is 1. The van der Waals surface area contributed by atoms with Crippen LogP contribution in [0.1, 0.15) is 24.6 Å². The van der Waals surface area contributed by atoms with E-state index in [4.69, 9.17) is 4.74 Å². The number of hydrogen-bond donors (Lipinski definition) is 1. The van der Waals surface area contributed by atoms with Crippen LogP contribution in [0.2, 0.25) is 0 Å². The van der Waals surface area contributed by atoms with Crippen LogP contribution in [-0.4, -0.2) is 36.1 Å². The predicted molar refractivity (Wildman–Crippen MR) is 68.9 cm³/mol. The molecule has 0 spiro atoms. The maximum absolute atomic E-state index is 11.7. The van der Waals surface area contributed by atoms with Gasteiger partial charge in [-0.05, 0) is 19.8 Å². The molecule has 7 nitrogen and oxygen atoms in total. The minimum atomic E-state index is -3.11. The maximum atomic E-state index is 11.7. The van der Waals surface area contributed by atoms with Crippen molar-refractivity contribution < 1.29 is 13.2 Å². The lowest BCUT2D eigenvalue weighted by molar-refractivity contribution is 0.00929. The molecule has 8 heteroatoms. The molecule has 0 bridgehead atoms. The molecule has 2 heterocycles. The van der Waals surface area contributed by atoms with Crippen molar-refractivity contribution in [2.45, 2.75) is 32.1 Å². The zero-order valence-corrected chi connectivity index (χ0v) is 11.6. The number of nitrogens with zero attached hydrogens (tertiary/aromatic N) is 1. The SMILES string of the molecule is Cc1cn([C@H]2CC[C@@H](CS(C)(=O)=O)O2)c(=O)[nH]c1=O. The van der Waals surface area contributed by atoms with Gasteiger partial charge in [0.25, 0.3) is 5.56 Å². The Morgan fingerprint density at radius 2 is 2.11 bits per heavy atom. The van der Waals surface area contributed by atoms with E-state index in [1.165, 1.54) is 10.8 Å². The minimum Gasteiger partial charge on any atom is -0.354 e. The highest BCUT2D eigenvalue weighted by Crippen LogP contribution is 2.27. The zero-order chi connectivity index (χ0) is 14.2. The Hall–Kier alpha value is -1.41. The molecule has 0 radical (unpaired) electrons. The fraction of sp³-hybridized carbons (Fsp3) is 0.636. The molecule has 0 unspecified atom stereocenters. The van der Waals surface area contributed by atoms with Gasteiger partial charge in [0.05, 0.1) is 11.9 Å². The first-order valence-electron chi connectivity index (χ1n) is 5.91. The van der Waals surface area contributed by atoms with Crippen LogP contribution < -0.4 is 11.2 Å². The molecule has 1 saturated heterocycles. The first-order chi connectivity index (χ1) is 8.76. The van der Waals surface area contributed by atoms with Crippen LogP contribution in [0, 0.1) is 6.92 Å². The molecular formula is C11H16N2O5S. The topological polar surface area (TPSA) is 98.2 Å². The predicted octanol–water partition coefficient (Wildman–Crippen LogP) is -0.433. The summed E-state index contributed by atoms with van der Waals surface area (Å²) in [5.41, 5.74) is -0.553. The van der Waals surface area contributed by atoms with Crippen molar-refractivity contribution in [2.24, 2.45) is 0 Å². The number of aromatic nitrogens is 2. The van der Waals surface area contributed by atoms with Gasteiger partial charge in [-0.3, -0.25) is 14.3 Å². The normalized spacial score (nSPS) is 23.7. The van der Waals surface area contributed by atoms with E-state index in [0.717, 1.165) is 6.26 Å². The van der Waals surface area contributed by atoms with Crippen molar-refractivity contribution in [1.82, 2.24) is 9.55 Å². The van der Waals surface area contributed by atoms with Gasteiger partial charge in [-0.1, -0.05) is 0 Å². The Bertz CT molecular complexity index is 688. The highest BCUT2D eigenvalue weighted by atomic mass is 32.2. The van der Waals surface area contributed by atoms with Crippen molar-refractivity contribution in [2.75, 3.05) is 12.0 Å². The largest absolute Gasteiger partial charge is 0.354 e. The first-order valence-corrected chi connectivity index (χ1v) is 7.97. The van der Waals surface area contributed by atoms with E-state index in [1.807, 2.05) is 0 Å². The quantitative estimate of drug-likeness (QED) is 0.813. The summed E-state index contributed by atoms with van der Waals surface area (Å²) in [4.78, 5) is 25.2. The summed E-state index contributed by atoms with van der Waals surface area (Å²) in [5.74, 6) is -0.0550. The number of sulfone groups is 1. The molecule has 2 atom stereocenters. The van der Waals surface area contributed by atoms with E-state index in [1.54, 1.807) is 6.92 Å². The van der Waals surface area contributed by atoms with Crippen molar-refractivity contribution >= 4 is 9.84 Å². The second-order valence-corrected chi connectivity index (χ2v) is 7.05. The van der Waals surface area contributed by atoms with Gasteiger partial charge in [0.2, 0.25) is 0 Å². The number of nitrogens with one attached hydrogen (secondary N) is 1. The van der Waals surface area contributed by atoms with Crippen LogP contribution in [0.15, 0.2) is 15.8 Å². The standard InChI is InChI=1S/C11H16N2O5S/c1-7-5-13(11(15)12-10(7)14)9-4-3-8(18-9)6-19(2,16)17/h5,8-9H,3-4,6H2,1-2H3,(H,12,14,15)/t8-,9+/m0/s1. The Kier molecular flexibility index (Phi) is 3.64. The van der Waals surface area contributed by atoms with Crippen LogP contribution in [0.3, 0.4) is 0 Å². The third-order valence-electron chi connectivity index (χ3n) is 3.03. The summed E-state index contributed by atoms with van der Waals surface area (Å²) < 4.78 is 29.3. The molecule has 1 aliphatic heterocycles.